The molecule has 0 bridgehead atoms. The van der Waals surface area contributed by atoms with Crippen molar-refractivity contribution in [3.63, 3.8) is 0 Å². The van der Waals surface area contributed by atoms with Gasteiger partial charge in [-0.15, -0.1) is 5.73 Å². The molecular formula is C7H5F7. The molecule has 82 valence electrons. The number of alkyl halides is 7. The molecular weight excluding hydrogens is 217 g/mol. The second kappa shape index (κ2) is 3.65. The van der Waals surface area contributed by atoms with Gasteiger partial charge in [-0.25, -0.2) is 0 Å². The fourth-order valence-electron chi connectivity index (χ4n) is 0.468. The summed E-state index contributed by atoms with van der Waals surface area (Å²) in [6.45, 7) is 1.15. The summed E-state index contributed by atoms with van der Waals surface area (Å²) in [5, 5.41) is 0. The Morgan fingerprint density at radius 3 is 1.64 bits per heavy atom. The summed E-state index contributed by atoms with van der Waals surface area (Å²) >= 11 is 0. The van der Waals surface area contributed by atoms with Gasteiger partial charge in [-0.05, 0) is 13.0 Å². The van der Waals surface area contributed by atoms with Gasteiger partial charge < -0.3 is 0 Å². The molecule has 0 N–H and O–H groups in total. The fraction of sp³-hybridized carbons (Fsp3) is 0.571. The molecule has 0 saturated carbocycles. The van der Waals surface area contributed by atoms with E-state index in [-0.39, 0.29) is 0 Å². The molecule has 0 aromatic heterocycles. The second-order valence-electron chi connectivity index (χ2n) is 2.29. The van der Waals surface area contributed by atoms with Crippen LogP contribution in [0.25, 0.3) is 0 Å². The molecule has 0 saturated heterocycles. The summed E-state index contributed by atoms with van der Waals surface area (Å²) in [7, 11) is 0. The van der Waals surface area contributed by atoms with E-state index in [1.54, 1.807) is 0 Å². The van der Waals surface area contributed by atoms with E-state index in [1.807, 2.05) is 0 Å². The lowest BCUT2D eigenvalue weighted by Crippen LogP contribution is -2.50. The smallest absolute Gasteiger partial charge is 0.194 e. The van der Waals surface area contributed by atoms with E-state index in [1.165, 1.54) is 5.73 Å². The van der Waals surface area contributed by atoms with Crippen LogP contribution in [0.4, 0.5) is 30.7 Å². The molecule has 0 heterocycles. The molecule has 0 aliphatic carbocycles. The lowest BCUT2D eigenvalue weighted by atomic mass is 10.1. The van der Waals surface area contributed by atoms with Crippen LogP contribution in [-0.2, 0) is 0 Å². The maximum absolute atomic E-state index is 12.3. The highest BCUT2D eigenvalue weighted by molar-refractivity contribution is 5.05. The first-order chi connectivity index (χ1) is 6.06. The SMILES string of the molecule is CC=C=CC(F)(F)C(F)(F)C(F)(F)F. The third-order valence-corrected chi connectivity index (χ3v) is 1.21. The number of hydrogen-bond donors (Lipinski definition) is 0. The Morgan fingerprint density at radius 2 is 1.36 bits per heavy atom. The van der Waals surface area contributed by atoms with Crippen molar-refractivity contribution in [2.45, 2.75) is 24.9 Å². The zero-order chi connectivity index (χ0) is 11.6. The van der Waals surface area contributed by atoms with Gasteiger partial charge in [0.2, 0.25) is 0 Å². The average Bonchev–Trinajstić information content (AvgIpc) is 1.98. The molecule has 7 heteroatoms. The lowest BCUT2D eigenvalue weighted by molar-refractivity contribution is -0.341. The molecule has 0 unspecified atom stereocenters. The summed E-state index contributed by atoms with van der Waals surface area (Å²) in [5.41, 5.74) is 1.49. The Morgan fingerprint density at radius 1 is 0.929 bits per heavy atom. The predicted octanol–water partition coefficient (Wildman–Crippen LogP) is 3.55. The van der Waals surface area contributed by atoms with Gasteiger partial charge in [-0.3, -0.25) is 0 Å². The maximum atomic E-state index is 12.3. The van der Waals surface area contributed by atoms with Crippen molar-refractivity contribution in [2.75, 3.05) is 0 Å². The highest BCUT2D eigenvalue weighted by atomic mass is 19.4. The van der Waals surface area contributed by atoms with E-state index in [4.69, 9.17) is 0 Å². The van der Waals surface area contributed by atoms with Gasteiger partial charge in [0.1, 0.15) is 0 Å². The molecule has 0 aliphatic heterocycles. The summed E-state index contributed by atoms with van der Waals surface area (Å²) in [6.07, 6.45) is -6.11. The number of halogens is 7. The lowest BCUT2D eigenvalue weighted by Gasteiger charge is -2.25. The van der Waals surface area contributed by atoms with Crippen LogP contribution in [0.1, 0.15) is 6.92 Å². The summed E-state index contributed by atoms with van der Waals surface area (Å²) in [5.74, 6) is -11.4. The van der Waals surface area contributed by atoms with E-state index < -0.39 is 24.1 Å². The third-order valence-electron chi connectivity index (χ3n) is 1.21. The Bertz CT molecular complexity index is 254. The third kappa shape index (κ3) is 2.29. The van der Waals surface area contributed by atoms with Crippen LogP contribution in [0, 0.1) is 0 Å². The van der Waals surface area contributed by atoms with Gasteiger partial charge in [0.15, 0.2) is 0 Å². The molecule has 0 radical (unpaired) electrons. The van der Waals surface area contributed by atoms with Crippen molar-refractivity contribution in [2.24, 2.45) is 0 Å². The normalized spacial score (nSPS) is 13.4. The zero-order valence-corrected chi connectivity index (χ0v) is 6.80. The zero-order valence-electron chi connectivity index (χ0n) is 6.80. The second-order valence-corrected chi connectivity index (χ2v) is 2.29. The van der Waals surface area contributed by atoms with Crippen LogP contribution in [0.5, 0.6) is 0 Å². The fourth-order valence-corrected chi connectivity index (χ4v) is 0.468. The molecule has 0 amide bonds. The van der Waals surface area contributed by atoms with Crippen LogP contribution < -0.4 is 0 Å². The van der Waals surface area contributed by atoms with E-state index in [2.05, 4.69) is 0 Å². The molecule has 0 nitrogen and oxygen atoms in total. The first-order valence-corrected chi connectivity index (χ1v) is 3.27. The molecule has 0 fully saturated rings. The van der Waals surface area contributed by atoms with Gasteiger partial charge in [-0.1, -0.05) is 0 Å². The van der Waals surface area contributed by atoms with Crippen molar-refractivity contribution < 1.29 is 30.7 Å². The van der Waals surface area contributed by atoms with Gasteiger partial charge >= 0.3 is 18.0 Å². The highest BCUT2D eigenvalue weighted by Crippen LogP contribution is 2.46. The van der Waals surface area contributed by atoms with E-state index in [9.17, 15) is 30.7 Å². The van der Waals surface area contributed by atoms with Crippen LogP contribution in [0.3, 0.4) is 0 Å². The van der Waals surface area contributed by atoms with Crippen molar-refractivity contribution >= 4 is 0 Å². The van der Waals surface area contributed by atoms with Crippen LogP contribution in [-0.4, -0.2) is 18.0 Å². The number of hydrogen-bond acceptors (Lipinski definition) is 0. The number of allylic oxidation sites excluding steroid dienone is 1. The standard InChI is InChI=1S/C7H5F7/c1-2-3-4-5(8,9)6(10,11)7(12,13)14/h2,4H,1H3. The Labute approximate surface area is 74.7 Å². The molecule has 0 aromatic carbocycles. The quantitative estimate of drug-likeness (QED) is 0.495. The predicted molar refractivity (Wildman–Crippen MR) is 34.3 cm³/mol. The summed E-state index contributed by atoms with van der Waals surface area (Å²) < 4.78 is 83.1. The molecule has 0 rings (SSSR count). The molecule has 0 spiro atoms. The van der Waals surface area contributed by atoms with Gasteiger partial charge in [0, 0.05) is 6.08 Å². The van der Waals surface area contributed by atoms with E-state index in [0.29, 0.717) is 0 Å². The largest absolute Gasteiger partial charge is 0.460 e. The van der Waals surface area contributed by atoms with E-state index in [0.717, 1.165) is 13.0 Å². The molecule has 14 heavy (non-hydrogen) atoms. The summed E-state index contributed by atoms with van der Waals surface area (Å²) in [4.78, 5) is 0. The monoisotopic (exact) mass is 222 g/mol. The molecule has 0 atom stereocenters. The van der Waals surface area contributed by atoms with Crippen molar-refractivity contribution in [1.29, 1.82) is 0 Å². The van der Waals surface area contributed by atoms with Crippen LogP contribution >= 0.6 is 0 Å². The van der Waals surface area contributed by atoms with Crippen molar-refractivity contribution in [3.8, 4) is 0 Å². The van der Waals surface area contributed by atoms with Crippen molar-refractivity contribution in [3.05, 3.63) is 17.9 Å². The van der Waals surface area contributed by atoms with Crippen LogP contribution in [0.2, 0.25) is 0 Å². The Kier molecular flexibility index (Phi) is 3.40. The van der Waals surface area contributed by atoms with E-state index >= 15 is 0 Å². The first-order valence-electron chi connectivity index (χ1n) is 3.27. The van der Waals surface area contributed by atoms with Crippen LogP contribution in [0.15, 0.2) is 17.9 Å². The topological polar surface area (TPSA) is 0 Å². The van der Waals surface area contributed by atoms with Gasteiger partial charge in [0.05, 0.1) is 0 Å². The number of rotatable bonds is 2. The highest BCUT2D eigenvalue weighted by Gasteiger charge is 2.72. The molecule has 0 aromatic rings. The Hall–Kier alpha value is -0.970. The minimum Gasteiger partial charge on any atom is -0.194 e. The maximum Gasteiger partial charge on any atom is 0.460 e. The molecule has 0 aliphatic rings. The minimum atomic E-state index is -6.29. The summed E-state index contributed by atoms with van der Waals surface area (Å²) in [6, 6.07) is 0. The Balaban J connectivity index is 5.18. The van der Waals surface area contributed by atoms with Gasteiger partial charge in [0.25, 0.3) is 0 Å². The average molecular weight is 222 g/mol. The minimum absolute atomic E-state index is 0.611. The van der Waals surface area contributed by atoms with Gasteiger partial charge in [-0.2, -0.15) is 30.7 Å². The van der Waals surface area contributed by atoms with Crippen molar-refractivity contribution in [1.82, 2.24) is 0 Å². The first kappa shape index (κ1) is 13.0.